The molecule has 2 aliphatic carbocycles. The van der Waals surface area contributed by atoms with Crippen molar-refractivity contribution in [2.45, 2.75) is 38.7 Å². The minimum atomic E-state index is -0.0549. The smallest absolute Gasteiger partial charge is 0.231 e. The molecule has 0 aliphatic heterocycles. The fourth-order valence-corrected chi connectivity index (χ4v) is 2.74. The quantitative estimate of drug-likeness (QED) is 0.817. The number of nitrogens with zero attached hydrogens (tertiary/aromatic N) is 3. The summed E-state index contributed by atoms with van der Waals surface area (Å²) in [4.78, 5) is 4.44. The van der Waals surface area contributed by atoms with Crippen LogP contribution in [-0.2, 0) is 4.74 Å². The van der Waals surface area contributed by atoms with E-state index in [4.69, 9.17) is 14.5 Å². The van der Waals surface area contributed by atoms with Crippen LogP contribution in [0.15, 0.2) is 4.52 Å². The maximum Gasteiger partial charge on any atom is 0.231 e. The summed E-state index contributed by atoms with van der Waals surface area (Å²) >= 11 is 0. The van der Waals surface area contributed by atoms with Crippen LogP contribution in [0.2, 0.25) is 0 Å². The molecule has 2 fully saturated rings. The Morgan fingerprint density at radius 1 is 1.50 bits per heavy atom. The lowest BCUT2D eigenvalue weighted by molar-refractivity contribution is 0.0751. The van der Waals surface area contributed by atoms with Crippen molar-refractivity contribution < 1.29 is 9.26 Å². The Morgan fingerprint density at radius 3 is 2.72 bits per heavy atom. The van der Waals surface area contributed by atoms with Gasteiger partial charge in [0.2, 0.25) is 11.7 Å². The first kappa shape index (κ1) is 11.7. The lowest BCUT2D eigenvalue weighted by Gasteiger charge is -2.08. The van der Waals surface area contributed by atoms with Gasteiger partial charge in [0.05, 0.1) is 17.9 Å². The van der Waals surface area contributed by atoms with Gasteiger partial charge < -0.3 is 9.26 Å². The number of ether oxygens (including phenoxy) is 1. The normalized spacial score (nSPS) is 30.8. The Hall–Kier alpha value is -1.41. The zero-order chi connectivity index (χ0) is 12.9. The molecule has 1 heterocycles. The van der Waals surface area contributed by atoms with E-state index in [1.54, 1.807) is 7.11 Å². The van der Waals surface area contributed by atoms with Gasteiger partial charge in [0, 0.05) is 7.11 Å². The molecule has 3 unspecified atom stereocenters. The zero-order valence-corrected chi connectivity index (χ0v) is 10.9. The molecule has 0 N–H and O–H groups in total. The summed E-state index contributed by atoms with van der Waals surface area (Å²) in [7, 11) is 1.68. The van der Waals surface area contributed by atoms with E-state index in [0.717, 1.165) is 12.8 Å². The van der Waals surface area contributed by atoms with E-state index >= 15 is 0 Å². The molecular formula is C13H17N3O2. The highest BCUT2D eigenvalue weighted by molar-refractivity contribution is 5.26. The first-order valence-electron chi connectivity index (χ1n) is 6.35. The van der Waals surface area contributed by atoms with E-state index in [9.17, 15) is 0 Å². The lowest BCUT2D eigenvalue weighted by atomic mass is 10.1. The first-order chi connectivity index (χ1) is 8.59. The average molecular weight is 247 g/mol. The second-order valence-electron chi connectivity index (χ2n) is 5.89. The molecule has 18 heavy (non-hydrogen) atoms. The van der Waals surface area contributed by atoms with Crippen LogP contribution in [0.5, 0.6) is 0 Å². The van der Waals surface area contributed by atoms with E-state index in [0.29, 0.717) is 17.6 Å². The number of nitriles is 1. The number of rotatable bonds is 4. The molecule has 3 atom stereocenters. The summed E-state index contributed by atoms with van der Waals surface area (Å²) in [6.45, 7) is 4.12. The van der Waals surface area contributed by atoms with Crippen LogP contribution in [0.25, 0.3) is 0 Å². The molecule has 0 radical (unpaired) electrons. The molecule has 0 aromatic carbocycles. The van der Waals surface area contributed by atoms with E-state index in [2.05, 4.69) is 30.1 Å². The summed E-state index contributed by atoms with van der Waals surface area (Å²) in [6.07, 6.45) is 2.28. The standard InChI is InChI=1S/C13H17N3O2/c1-13(2)8(6-14)9(13)12-15-11(16-18-12)10(17-3)7-4-5-7/h7-10H,4-5H2,1-3H3. The third-order valence-corrected chi connectivity index (χ3v) is 4.25. The van der Waals surface area contributed by atoms with Crippen LogP contribution in [-0.4, -0.2) is 17.3 Å². The number of hydrogen-bond acceptors (Lipinski definition) is 5. The highest BCUT2D eigenvalue weighted by Gasteiger charge is 2.62. The maximum atomic E-state index is 9.07. The van der Waals surface area contributed by atoms with Gasteiger partial charge in [-0.2, -0.15) is 10.2 Å². The average Bonchev–Trinajstić information content (AvgIpc) is 3.18. The van der Waals surface area contributed by atoms with Crippen molar-refractivity contribution in [3.63, 3.8) is 0 Å². The number of aromatic nitrogens is 2. The molecule has 2 saturated carbocycles. The Bertz CT molecular complexity index is 499. The Balaban J connectivity index is 1.80. The molecule has 5 nitrogen and oxygen atoms in total. The first-order valence-corrected chi connectivity index (χ1v) is 6.35. The molecule has 0 spiro atoms. The molecule has 1 aromatic heterocycles. The molecule has 0 amide bonds. The van der Waals surface area contributed by atoms with Crippen molar-refractivity contribution in [3.05, 3.63) is 11.7 Å². The fraction of sp³-hybridized carbons (Fsp3) is 0.769. The molecule has 96 valence electrons. The second kappa shape index (κ2) is 3.79. The van der Waals surface area contributed by atoms with Gasteiger partial charge in [0.15, 0.2) is 0 Å². The van der Waals surface area contributed by atoms with Crippen molar-refractivity contribution in [1.82, 2.24) is 10.1 Å². The van der Waals surface area contributed by atoms with Gasteiger partial charge in [-0.3, -0.25) is 0 Å². The van der Waals surface area contributed by atoms with Gasteiger partial charge in [-0.05, 0) is 24.2 Å². The predicted octanol–water partition coefficient (Wildman–Crippen LogP) is 2.43. The topological polar surface area (TPSA) is 71.9 Å². The van der Waals surface area contributed by atoms with Gasteiger partial charge in [-0.25, -0.2) is 0 Å². The molecule has 0 saturated heterocycles. The fourth-order valence-electron chi connectivity index (χ4n) is 2.74. The van der Waals surface area contributed by atoms with Crippen molar-refractivity contribution in [2.75, 3.05) is 7.11 Å². The highest BCUT2D eigenvalue weighted by Crippen LogP contribution is 2.63. The summed E-state index contributed by atoms with van der Waals surface area (Å²) in [5.74, 6) is 1.80. The van der Waals surface area contributed by atoms with Crippen LogP contribution in [0.4, 0.5) is 0 Å². The number of methoxy groups -OCH3 is 1. The van der Waals surface area contributed by atoms with Crippen molar-refractivity contribution in [3.8, 4) is 6.07 Å². The van der Waals surface area contributed by atoms with E-state index < -0.39 is 0 Å². The molecule has 3 rings (SSSR count). The largest absolute Gasteiger partial charge is 0.373 e. The Morgan fingerprint density at radius 2 is 2.22 bits per heavy atom. The summed E-state index contributed by atoms with van der Waals surface area (Å²) in [6, 6.07) is 2.31. The Labute approximate surface area is 106 Å². The van der Waals surface area contributed by atoms with E-state index in [-0.39, 0.29) is 23.4 Å². The third-order valence-electron chi connectivity index (χ3n) is 4.25. The molecule has 2 aliphatic rings. The SMILES string of the molecule is COC(c1noc(C2C(C#N)C2(C)C)n1)C1CC1. The van der Waals surface area contributed by atoms with Crippen molar-refractivity contribution in [1.29, 1.82) is 5.26 Å². The van der Waals surface area contributed by atoms with Gasteiger partial charge in [0.25, 0.3) is 0 Å². The van der Waals surface area contributed by atoms with Crippen molar-refractivity contribution >= 4 is 0 Å². The molecule has 0 bridgehead atoms. The second-order valence-corrected chi connectivity index (χ2v) is 5.89. The van der Waals surface area contributed by atoms with Crippen LogP contribution < -0.4 is 0 Å². The summed E-state index contributed by atoms with van der Waals surface area (Å²) in [5, 5.41) is 13.1. The zero-order valence-electron chi connectivity index (χ0n) is 10.9. The van der Waals surface area contributed by atoms with E-state index in [1.807, 2.05) is 0 Å². The third kappa shape index (κ3) is 1.64. The summed E-state index contributed by atoms with van der Waals surface area (Å²) < 4.78 is 10.8. The minimum Gasteiger partial charge on any atom is -0.373 e. The minimum absolute atomic E-state index is 0.0206. The Kier molecular flexibility index (Phi) is 2.46. The van der Waals surface area contributed by atoms with Crippen LogP contribution in [0.3, 0.4) is 0 Å². The van der Waals surface area contributed by atoms with Gasteiger partial charge >= 0.3 is 0 Å². The van der Waals surface area contributed by atoms with Crippen LogP contribution >= 0.6 is 0 Å². The summed E-state index contributed by atoms with van der Waals surface area (Å²) in [5.41, 5.74) is -0.0549. The van der Waals surface area contributed by atoms with Crippen LogP contribution in [0.1, 0.15) is 50.4 Å². The molecular weight excluding hydrogens is 230 g/mol. The van der Waals surface area contributed by atoms with Gasteiger partial charge in [-0.15, -0.1) is 0 Å². The van der Waals surface area contributed by atoms with Crippen molar-refractivity contribution in [2.24, 2.45) is 17.3 Å². The van der Waals surface area contributed by atoms with Crippen LogP contribution in [0, 0.1) is 28.6 Å². The predicted molar refractivity (Wildman–Crippen MR) is 62.4 cm³/mol. The monoisotopic (exact) mass is 247 g/mol. The highest BCUT2D eigenvalue weighted by atomic mass is 16.5. The van der Waals surface area contributed by atoms with E-state index in [1.165, 1.54) is 0 Å². The lowest BCUT2D eigenvalue weighted by Crippen LogP contribution is -2.05. The van der Waals surface area contributed by atoms with Gasteiger partial charge in [-0.1, -0.05) is 19.0 Å². The van der Waals surface area contributed by atoms with Gasteiger partial charge in [0.1, 0.15) is 6.10 Å². The number of hydrogen-bond donors (Lipinski definition) is 0. The maximum absolute atomic E-state index is 9.07. The molecule has 1 aromatic rings. The molecule has 5 heteroatoms.